The van der Waals surface area contributed by atoms with Gasteiger partial charge in [0.25, 0.3) is 0 Å². The van der Waals surface area contributed by atoms with Gasteiger partial charge in [-0.3, -0.25) is 0 Å². The Bertz CT molecular complexity index is 669. The summed E-state index contributed by atoms with van der Waals surface area (Å²) in [5.41, 5.74) is -0.661. The molecule has 0 aliphatic heterocycles. The number of alkyl halides is 3. The average molecular weight is 305 g/mol. The number of aromatic nitrogens is 1. The zero-order chi connectivity index (χ0) is 14.2. The van der Waals surface area contributed by atoms with E-state index in [1.54, 1.807) is 6.07 Å². The smallest absolute Gasteiger partial charge is 0.350 e. The first-order valence-corrected chi connectivity index (χ1v) is 5.74. The number of hydrogen-bond donors (Lipinski definition) is 1. The Morgan fingerprint density at radius 2 is 1.79 bits per heavy atom. The van der Waals surface area contributed by atoms with E-state index in [-0.39, 0.29) is 21.3 Å². The highest BCUT2D eigenvalue weighted by Gasteiger charge is 2.33. The molecule has 0 aliphatic rings. The molecule has 0 aliphatic carbocycles. The van der Waals surface area contributed by atoms with Gasteiger partial charge in [0.2, 0.25) is 0 Å². The molecular formula is C12H5Cl2F3N2. The molecular weight excluding hydrogens is 300 g/mol. The first-order chi connectivity index (χ1) is 8.82. The predicted molar refractivity (Wildman–Crippen MR) is 66.0 cm³/mol. The molecule has 0 saturated carbocycles. The van der Waals surface area contributed by atoms with Crippen LogP contribution in [0.3, 0.4) is 0 Å². The Labute approximate surface area is 116 Å². The lowest BCUT2D eigenvalue weighted by molar-refractivity contribution is -0.140. The summed E-state index contributed by atoms with van der Waals surface area (Å²) < 4.78 is 37.8. The molecule has 2 nitrogen and oxygen atoms in total. The number of hydrogen-bond acceptors (Lipinski definition) is 1. The molecule has 2 rings (SSSR count). The van der Waals surface area contributed by atoms with Crippen LogP contribution in [0, 0.1) is 11.3 Å². The molecule has 0 atom stereocenters. The number of H-pyrrole nitrogens is 1. The van der Waals surface area contributed by atoms with E-state index in [1.807, 2.05) is 0 Å². The zero-order valence-electron chi connectivity index (χ0n) is 9.15. The van der Waals surface area contributed by atoms with Crippen LogP contribution in [-0.4, -0.2) is 4.98 Å². The predicted octanol–water partition coefficient (Wildman–Crippen LogP) is 4.88. The van der Waals surface area contributed by atoms with Gasteiger partial charge in [-0.1, -0.05) is 29.3 Å². The summed E-state index contributed by atoms with van der Waals surface area (Å²) in [7, 11) is 0. The third-order valence-electron chi connectivity index (χ3n) is 2.45. The van der Waals surface area contributed by atoms with Gasteiger partial charge < -0.3 is 4.98 Å². The van der Waals surface area contributed by atoms with Crippen LogP contribution in [0.5, 0.6) is 0 Å². The van der Waals surface area contributed by atoms with Crippen LogP contribution in [0.4, 0.5) is 13.2 Å². The maximum Gasteiger partial charge on any atom is 0.431 e. The van der Waals surface area contributed by atoms with Crippen molar-refractivity contribution in [3.8, 4) is 17.3 Å². The summed E-state index contributed by atoms with van der Waals surface area (Å²) in [4.78, 5) is 2.19. The normalized spacial score (nSPS) is 11.4. The molecule has 0 saturated heterocycles. The minimum atomic E-state index is -4.54. The molecule has 0 bridgehead atoms. The van der Waals surface area contributed by atoms with Gasteiger partial charge in [0.15, 0.2) is 0 Å². The first-order valence-electron chi connectivity index (χ1n) is 4.98. The van der Waals surface area contributed by atoms with Gasteiger partial charge in [-0.2, -0.15) is 18.4 Å². The Balaban J connectivity index is 2.59. The topological polar surface area (TPSA) is 39.6 Å². The number of nitrogens with one attached hydrogen (secondary N) is 1. The molecule has 0 unspecified atom stereocenters. The van der Waals surface area contributed by atoms with Gasteiger partial charge in [-0.05, 0) is 18.2 Å². The van der Waals surface area contributed by atoms with Crippen LogP contribution in [0.15, 0.2) is 24.3 Å². The van der Waals surface area contributed by atoms with Gasteiger partial charge in [-0.15, -0.1) is 0 Å². The second-order valence-electron chi connectivity index (χ2n) is 3.71. The average Bonchev–Trinajstić information content (AvgIpc) is 2.76. The van der Waals surface area contributed by atoms with E-state index >= 15 is 0 Å². The lowest BCUT2D eigenvalue weighted by atomic mass is 10.1. The second kappa shape index (κ2) is 4.80. The molecule has 1 aromatic carbocycles. The minimum Gasteiger partial charge on any atom is -0.350 e. The minimum absolute atomic E-state index is 0.0633. The van der Waals surface area contributed by atoms with E-state index in [2.05, 4.69) is 4.98 Å². The maximum atomic E-state index is 12.6. The van der Waals surface area contributed by atoms with E-state index in [4.69, 9.17) is 28.5 Å². The summed E-state index contributed by atoms with van der Waals surface area (Å²) >= 11 is 11.5. The van der Waals surface area contributed by atoms with Crippen LogP contribution in [0.2, 0.25) is 10.0 Å². The Morgan fingerprint density at radius 1 is 1.11 bits per heavy atom. The third-order valence-corrected chi connectivity index (χ3v) is 3.19. The zero-order valence-corrected chi connectivity index (χ0v) is 10.7. The van der Waals surface area contributed by atoms with Gasteiger partial charge in [-0.25, -0.2) is 0 Å². The Morgan fingerprint density at radius 3 is 2.32 bits per heavy atom. The Hall–Kier alpha value is -1.64. The molecule has 1 N–H and O–H groups in total. The summed E-state index contributed by atoms with van der Waals surface area (Å²) in [6, 6.07) is 6.81. The van der Waals surface area contributed by atoms with E-state index in [0.29, 0.717) is 5.56 Å². The van der Waals surface area contributed by atoms with Crippen LogP contribution in [-0.2, 0) is 6.18 Å². The molecule has 0 amide bonds. The number of nitrogens with zero attached hydrogens (tertiary/aromatic N) is 1. The van der Waals surface area contributed by atoms with Crippen LogP contribution in [0.1, 0.15) is 11.3 Å². The molecule has 1 heterocycles. The molecule has 0 spiro atoms. The van der Waals surface area contributed by atoms with Crippen molar-refractivity contribution in [1.29, 1.82) is 5.26 Å². The molecule has 7 heteroatoms. The number of rotatable bonds is 1. The van der Waals surface area contributed by atoms with Crippen molar-refractivity contribution < 1.29 is 13.2 Å². The van der Waals surface area contributed by atoms with Gasteiger partial charge in [0.1, 0.15) is 11.8 Å². The lowest BCUT2D eigenvalue weighted by Crippen LogP contribution is -2.04. The van der Waals surface area contributed by atoms with Crippen molar-refractivity contribution in [3.63, 3.8) is 0 Å². The van der Waals surface area contributed by atoms with E-state index < -0.39 is 11.9 Å². The molecule has 19 heavy (non-hydrogen) atoms. The van der Waals surface area contributed by atoms with Crippen molar-refractivity contribution >= 4 is 23.2 Å². The van der Waals surface area contributed by atoms with Crippen LogP contribution >= 0.6 is 23.2 Å². The Kier molecular flexibility index (Phi) is 3.48. The third kappa shape index (κ3) is 2.70. The molecule has 0 fully saturated rings. The molecule has 1 aromatic heterocycles. The molecule has 98 valence electrons. The number of nitriles is 1. The summed E-state index contributed by atoms with van der Waals surface area (Å²) in [6.45, 7) is 0. The fraction of sp³-hybridized carbons (Fsp3) is 0.0833. The molecule has 2 aromatic rings. The van der Waals surface area contributed by atoms with Gasteiger partial charge in [0.05, 0.1) is 21.3 Å². The number of benzene rings is 1. The number of aromatic amines is 1. The standard InChI is InChI=1S/C12H5Cl2F3N2/c13-8-2-1-6(3-9(8)14)11-7(5-18)4-10(19-11)12(15,16)17/h1-4,19H. The van der Waals surface area contributed by atoms with E-state index in [0.717, 1.165) is 6.07 Å². The maximum absolute atomic E-state index is 12.6. The molecule has 0 radical (unpaired) electrons. The summed E-state index contributed by atoms with van der Waals surface area (Å²) in [6.07, 6.45) is -4.54. The number of halogens is 5. The highest BCUT2D eigenvalue weighted by molar-refractivity contribution is 6.42. The lowest BCUT2D eigenvalue weighted by Gasteiger charge is -2.04. The quantitative estimate of drug-likeness (QED) is 0.801. The van der Waals surface area contributed by atoms with Crippen molar-refractivity contribution in [1.82, 2.24) is 4.98 Å². The largest absolute Gasteiger partial charge is 0.431 e. The summed E-state index contributed by atoms with van der Waals surface area (Å²) in [5.74, 6) is 0. The SMILES string of the molecule is N#Cc1cc(C(F)(F)F)[nH]c1-c1ccc(Cl)c(Cl)c1. The summed E-state index contributed by atoms with van der Waals surface area (Å²) in [5, 5.41) is 9.37. The van der Waals surface area contributed by atoms with Crippen molar-refractivity contribution in [2.24, 2.45) is 0 Å². The second-order valence-corrected chi connectivity index (χ2v) is 4.52. The van der Waals surface area contributed by atoms with Crippen molar-refractivity contribution in [2.75, 3.05) is 0 Å². The van der Waals surface area contributed by atoms with E-state index in [1.165, 1.54) is 18.2 Å². The van der Waals surface area contributed by atoms with Crippen LogP contribution in [0.25, 0.3) is 11.3 Å². The highest BCUT2D eigenvalue weighted by atomic mass is 35.5. The van der Waals surface area contributed by atoms with Crippen LogP contribution < -0.4 is 0 Å². The fourth-order valence-corrected chi connectivity index (χ4v) is 1.87. The van der Waals surface area contributed by atoms with Gasteiger partial charge in [0, 0.05) is 5.56 Å². The van der Waals surface area contributed by atoms with Crippen molar-refractivity contribution in [3.05, 3.63) is 45.6 Å². The van der Waals surface area contributed by atoms with Crippen molar-refractivity contribution in [2.45, 2.75) is 6.18 Å². The monoisotopic (exact) mass is 304 g/mol. The van der Waals surface area contributed by atoms with Gasteiger partial charge >= 0.3 is 6.18 Å². The first kappa shape index (κ1) is 13.8. The highest BCUT2D eigenvalue weighted by Crippen LogP contribution is 2.35. The fourth-order valence-electron chi connectivity index (χ4n) is 1.57. The van der Waals surface area contributed by atoms with E-state index in [9.17, 15) is 13.2 Å².